The zero-order valence-electron chi connectivity index (χ0n) is 21.2. The van der Waals surface area contributed by atoms with Gasteiger partial charge in [-0.1, -0.05) is 18.2 Å². The Labute approximate surface area is 213 Å². The third kappa shape index (κ3) is 7.38. The van der Waals surface area contributed by atoms with Gasteiger partial charge in [0.15, 0.2) is 0 Å². The molecule has 0 bridgehead atoms. The van der Waals surface area contributed by atoms with Crippen molar-refractivity contribution in [3.05, 3.63) is 64.7 Å². The van der Waals surface area contributed by atoms with Crippen molar-refractivity contribution >= 4 is 23.8 Å². The first kappa shape index (κ1) is 25.9. The smallest absolute Gasteiger partial charge is 0.306 e. The van der Waals surface area contributed by atoms with Gasteiger partial charge in [-0.25, -0.2) is 0 Å². The van der Waals surface area contributed by atoms with Crippen LogP contribution < -0.4 is 5.32 Å². The van der Waals surface area contributed by atoms with E-state index >= 15 is 0 Å². The summed E-state index contributed by atoms with van der Waals surface area (Å²) < 4.78 is 10.2. The molecule has 0 radical (unpaired) electrons. The van der Waals surface area contributed by atoms with Crippen LogP contribution in [0, 0.1) is 5.92 Å². The van der Waals surface area contributed by atoms with Crippen molar-refractivity contribution in [2.45, 2.75) is 25.7 Å². The zero-order valence-corrected chi connectivity index (χ0v) is 21.2. The molecule has 2 aliphatic rings. The van der Waals surface area contributed by atoms with E-state index in [1.54, 1.807) is 7.11 Å². The predicted octanol–water partition coefficient (Wildman–Crippen LogP) is 3.20. The Morgan fingerprint density at radius 3 is 2.58 bits per heavy atom. The van der Waals surface area contributed by atoms with Crippen LogP contribution in [0.15, 0.2) is 47.6 Å². The van der Waals surface area contributed by atoms with Gasteiger partial charge < -0.3 is 19.7 Å². The van der Waals surface area contributed by atoms with Gasteiger partial charge in [-0.05, 0) is 73.2 Å². The highest BCUT2D eigenvalue weighted by Gasteiger charge is 2.22. The number of piperazine rings is 1. The number of amides is 1. The molecule has 2 aromatic carbocycles. The highest BCUT2D eigenvalue weighted by atomic mass is 16.6. The molecule has 36 heavy (non-hydrogen) atoms. The van der Waals surface area contributed by atoms with E-state index in [0.717, 1.165) is 56.7 Å². The van der Waals surface area contributed by atoms with Gasteiger partial charge in [0.05, 0.1) is 12.8 Å². The molecule has 1 heterocycles. The largest absolute Gasteiger partial charge is 0.463 e. The second-order valence-electron chi connectivity index (χ2n) is 9.59. The van der Waals surface area contributed by atoms with Gasteiger partial charge in [0.2, 0.25) is 0 Å². The summed E-state index contributed by atoms with van der Waals surface area (Å²) >= 11 is 0. The van der Waals surface area contributed by atoms with Crippen LogP contribution in [-0.4, -0.2) is 81.6 Å². The van der Waals surface area contributed by atoms with Crippen LogP contribution in [-0.2, 0) is 27.1 Å². The minimum absolute atomic E-state index is 0.147. The molecule has 1 saturated heterocycles. The van der Waals surface area contributed by atoms with Crippen molar-refractivity contribution < 1.29 is 19.1 Å². The number of esters is 1. The number of fused-ring (bicyclic) bond motifs is 1. The number of nitrogens with one attached hydrogen (secondary N) is 1. The Morgan fingerprint density at radius 2 is 1.83 bits per heavy atom. The van der Waals surface area contributed by atoms with Crippen LogP contribution in [0.2, 0.25) is 0 Å². The van der Waals surface area contributed by atoms with E-state index in [0.29, 0.717) is 25.2 Å². The number of nitrogens with zero attached hydrogens (tertiary/aromatic N) is 3. The van der Waals surface area contributed by atoms with E-state index in [1.165, 1.54) is 11.1 Å². The zero-order chi connectivity index (χ0) is 25.3. The molecule has 0 spiro atoms. The first-order valence-corrected chi connectivity index (χ1v) is 12.7. The lowest BCUT2D eigenvalue weighted by Crippen LogP contribution is -2.41. The van der Waals surface area contributed by atoms with Crippen LogP contribution in [0.3, 0.4) is 0 Å². The first-order valence-electron chi connectivity index (χ1n) is 12.7. The van der Waals surface area contributed by atoms with Gasteiger partial charge in [0.25, 0.3) is 5.91 Å². The van der Waals surface area contributed by atoms with Crippen molar-refractivity contribution in [2.75, 3.05) is 58.9 Å². The predicted molar refractivity (Wildman–Crippen MR) is 140 cm³/mol. The number of carbonyl (C=O) groups is 2. The number of carbonyl (C=O) groups excluding carboxylic acids is 2. The van der Waals surface area contributed by atoms with E-state index in [9.17, 15) is 9.59 Å². The van der Waals surface area contributed by atoms with E-state index < -0.39 is 0 Å². The molecule has 0 aromatic heterocycles. The Balaban J connectivity index is 1.30. The average molecular weight is 493 g/mol. The average Bonchev–Trinajstić information content (AvgIpc) is 2.88. The van der Waals surface area contributed by atoms with Crippen molar-refractivity contribution in [2.24, 2.45) is 11.0 Å². The normalized spacial score (nSPS) is 18.2. The van der Waals surface area contributed by atoms with Gasteiger partial charge in [0.1, 0.15) is 6.61 Å². The van der Waals surface area contributed by atoms with Crippen molar-refractivity contribution in [3.63, 3.8) is 0 Å². The number of anilines is 1. The van der Waals surface area contributed by atoms with Gasteiger partial charge >= 0.3 is 5.97 Å². The second kappa shape index (κ2) is 12.6. The third-order valence-electron chi connectivity index (χ3n) is 6.82. The Morgan fingerprint density at radius 1 is 1.06 bits per heavy atom. The maximum Gasteiger partial charge on any atom is 0.306 e. The fraction of sp³-hybridized carbons (Fsp3) is 0.464. The number of ether oxygens (including phenoxy) is 2. The summed E-state index contributed by atoms with van der Waals surface area (Å²) in [7, 11) is 3.71. The topological polar surface area (TPSA) is 83.5 Å². The number of likely N-dealkylation sites (N-methyl/N-ethyl adjacent to an activating group) is 1. The number of methoxy groups -OCH3 is 1. The molecular weight excluding hydrogens is 456 g/mol. The second-order valence-corrected chi connectivity index (χ2v) is 9.59. The van der Waals surface area contributed by atoms with E-state index in [1.807, 2.05) is 42.6 Å². The highest BCUT2D eigenvalue weighted by molar-refractivity contribution is 6.04. The summed E-state index contributed by atoms with van der Waals surface area (Å²) in [6.45, 7) is 4.58. The summed E-state index contributed by atoms with van der Waals surface area (Å²) in [6.07, 6.45) is 4.95. The summed E-state index contributed by atoms with van der Waals surface area (Å²) in [5.41, 5.74) is 4.79. The summed E-state index contributed by atoms with van der Waals surface area (Å²) in [4.78, 5) is 27.2. The van der Waals surface area contributed by atoms with Gasteiger partial charge in [0, 0.05) is 51.0 Å². The molecule has 1 N–H and O–H groups in total. The van der Waals surface area contributed by atoms with Crippen molar-refractivity contribution in [1.29, 1.82) is 0 Å². The molecule has 1 unspecified atom stereocenters. The fourth-order valence-electron chi connectivity index (χ4n) is 4.60. The molecule has 1 aliphatic carbocycles. The lowest BCUT2D eigenvalue weighted by Gasteiger charge is -2.30. The molecule has 1 fully saturated rings. The highest BCUT2D eigenvalue weighted by Crippen LogP contribution is 2.30. The Hall–Kier alpha value is -3.23. The molecule has 8 nitrogen and oxygen atoms in total. The lowest BCUT2D eigenvalue weighted by atomic mass is 9.82. The summed E-state index contributed by atoms with van der Waals surface area (Å²) in [5, 5.41) is 9.65. The van der Waals surface area contributed by atoms with Crippen LogP contribution >= 0.6 is 0 Å². The summed E-state index contributed by atoms with van der Waals surface area (Å²) in [5.74, 6) is -0.0767. The van der Waals surface area contributed by atoms with Gasteiger partial charge in [-0.2, -0.15) is 5.10 Å². The molecule has 0 saturated carbocycles. The Kier molecular flexibility index (Phi) is 9.08. The maximum absolute atomic E-state index is 12.8. The fourth-order valence-corrected chi connectivity index (χ4v) is 4.60. The number of hydrogen-bond donors (Lipinski definition) is 1. The Bertz CT molecular complexity index is 1060. The van der Waals surface area contributed by atoms with Crippen LogP contribution in [0.5, 0.6) is 0 Å². The van der Waals surface area contributed by atoms with Crippen molar-refractivity contribution in [1.82, 2.24) is 9.91 Å². The molecule has 8 heteroatoms. The number of hydrazone groups is 1. The van der Waals surface area contributed by atoms with Crippen LogP contribution in [0.4, 0.5) is 5.69 Å². The van der Waals surface area contributed by atoms with Crippen molar-refractivity contribution in [3.8, 4) is 0 Å². The molecular formula is C28H36N4O4. The molecule has 2 aromatic rings. The molecule has 192 valence electrons. The van der Waals surface area contributed by atoms with E-state index in [-0.39, 0.29) is 17.8 Å². The number of aryl methyl sites for hydroxylation is 1. The SMILES string of the molecule is COCCOC(=O)CC1CCc2ccc(NC(=O)c3ccc(C=NN4CCN(C)CC4)cc3)cc2C1. The molecule has 1 amide bonds. The molecule has 4 rings (SSSR count). The maximum atomic E-state index is 12.8. The lowest BCUT2D eigenvalue weighted by molar-refractivity contribution is -0.146. The van der Waals surface area contributed by atoms with Crippen LogP contribution in [0.25, 0.3) is 0 Å². The van der Waals surface area contributed by atoms with E-state index in [2.05, 4.69) is 33.4 Å². The van der Waals surface area contributed by atoms with Gasteiger partial charge in [-0.15, -0.1) is 0 Å². The number of hydrogen-bond acceptors (Lipinski definition) is 7. The quantitative estimate of drug-likeness (QED) is 0.329. The van der Waals surface area contributed by atoms with Gasteiger partial charge in [-0.3, -0.25) is 14.6 Å². The summed E-state index contributed by atoms with van der Waals surface area (Å²) in [6, 6.07) is 13.5. The minimum atomic E-state index is -0.179. The molecule has 1 aliphatic heterocycles. The number of rotatable bonds is 9. The minimum Gasteiger partial charge on any atom is -0.463 e. The monoisotopic (exact) mass is 492 g/mol. The number of benzene rings is 2. The standard InChI is InChI=1S/C28H36N4O4/c1-31-11-13-32(14-12-31)29-20-21-3-7-24(8-4-21)28(34)30-26-10-9-23-6-5-22(17-25(23)19-26)18-27(33)36-16-15-35-2/h3-4,7-10,19-20,22H,5-6,11-18H2,1-2H3,(H,30,34). The van der Waals surface area contributed by atoms with Crippen LogP contribution in [0.1, 0.15) is 39.9 Å². The molecule has 1 atom stereocenters. The third-order valence-corrected chi connectivity index (χ3v) is 6.82. The first-order chi connectivity index (χ1) is 17.5. The van der Waals surface area contributed by atoms with E-state index in [4.69, 9.17) is 9.47 Å².